The highest BCUT2D eigenvalue weighted by Crippen LogP contribution is 2.21. The number of likely N-dealkylation sites (N-methyl/N-ethyl adjacent to an activating group) is 1. The second-order valence-corrected chi connectivity index (χ2v) is 4.37. The Morgan fingerprint density at radius 2 is 2.00 bits per heavy atom. The predicted octanol–water partition coefficient (Wildman–Crippen LogP) is 2.25. The Kier molecular flexibility index (Phi) is 5.65. The van der Waals surface area contributed by atoms with Crippen molar-refractivity contribution in [3.63, 3.8) is 0 Å². The summed E-state index contributed by atoms with van der Waals surface area (Å²) in [5.74, 6) is 0.320. The number of carbonyl (C=O) groups is 1. The molecular formula is C14H21NO3. The highest BCUT2D eigenvalue weighted by molar-refractivity contribution is 5.73. The highest BCUT2D eigenvalue weighted by Gasteiger charge is 2.15. The van der Waals surface area contributed by atoms with E-state index >= 15 is 0 Å². The standard InChI is InChI=1S/C14H21NO3/c1-4-10(2)11-5-7-12(8-6-11)18-9-13(15-3)14(16)17/h5-8,10,13,15H,4,9H2,1-3H3,(H,16,17). The van der Waals surface area contributed by atoms with Crippen LogP contribution in [0.1, 0.15) is 31.7 Å². The fourth-order valence-electron chi connectivity index (χ4n) is 1.59. The van der Waals surface area contributed by atoms with E-state index < -0.39 is 12.0 Å². The third-order valence-electron chi connectivity index (χ3n) is 3.12. The van der Waals surface area contributed by atoms with Gasteiger partial charge in [-0.3, -0.25) is 4.79 Å². The lowest BCUT2D eigenvalue weighted by atomic mass is 9.99. The van der Waals surface area contributed by atoms with Crippen molar-refractivity contribution < 1.29 is 14.6 Å². The second-order valence-electron chi connectivity index (χ2n) is 4.37. The molecular weight excluding hydrogens is 230 g/mol. The summed E-state index contributed by atoms with van der Waals surface area (Å²) in [4.78, 5) is 10.8. The first-order valence-electron chi connectivity index (χ1n) is 6.21. The molecule has 2 N–H and O–H groups in total. The monoisotopic (exact) mass is 251 g/mol. The molecule has 0 spiro atoms. The Bertz CT molecular complexity index is 375. The zero-order chi connectivity index (χ0) is 13.5. The molecule has 4 heteroatoms. The number of aliphatic carboxylic acids is 1. The molecule has 0 heterocycles. The van der Waals surface area contributed by atoms with Crippen molar-refractivity contribution in [2.24, 2.45) is 0 Å². The van der Waals surface area contributed by atoms with E-state index in [1.54, 1.807) is 7.05 Å². The topological polar surface area (TPSA) is 58.6 Å². The van der Waals surface area contributed by atoms with Gasteiger partial charge in [0, 0.05) is 0 Å². The number of hydrogen-bond donors (Lipinski definition) is 2. The van der Waals surface area contributed by atoms with E-state index in [4.69, 9.17) is 9.84 Å². The number of ether oxygens (including phenoxy) is 1. The molecule has 1 aromatic carbocycles. The van der Waals surface area contributed by atoms with Gasteiger partial charge in [-0.1, -0.05) is 26.0 Å². The summed E-state index contributed by atoms with van der Waals surface area (Å²) in [5, 5.41) is 11.5. The molecule has 0 aliphatic carbocycles. The number of carboxylic acids is 1. The number of carboxylic acid groups (broad SMARTS) is 1. The van der Waals surface area contributed by atoms with Crippen LogP contribution in [0.4, 0.5) is 0 Å². The van der Waals surface area contributed by atoms with Crippen LogP contribution >= 0.6 is 0 Å². The molecule has 2 atom stereocenters. The smallest absolute Gasteiger partial charge is 0.324 e. The third kappa shape index (κ3) is 4.04. The van der Waals surface area contributed by atoms with Gasteiger partial charge in [-0.25, -0.2) is 0 Å². The molecule has 0 fully saturated rings. The first kappa shape index (κ1) is 14.5. The molecule has 0 radical (unpaired) electrons. The first-order chi connectivity index (χ1) is 8.58. The number of hydrogen-bond acceptors (Lipinski definition) is 3. The van der Waals surface area contributed by atoms with Crippen LogP contribution < -0.4 is 10.1 Å². The summed E-state index contributed by atoms with van der Waals surface area (Å²) in [5.41, 5.74) is 1.27. The maximum absolute atomic E-state index is 10.8. The maximum Gasteiger partial charge on any atom is 0.324 e. The Balaban J connectivity index is 2.56. The van der Waals surface area contributed by atoms with Crippen molar-refractivity contribution in [1.82, 2.24) is 5.32 Å². The van der Waals surface area contributed by atoms with Crippen molar-refractivity contribution in [1.29, 1.82) is 0 Å². The molecule has 0 bridgehead atoms. The summed E-state index contributed by atoms with van der Waals surface area (Å²) in [6, 6.07) is 7.14. The number of rotatable bonds is 7. The molecule has 0 saturated carbocycles. The molecule has 1 rings (SSSR count). The first-order valence-corrected chi connectivity index (χ1v) is 6.21. The van der Waals surface area contributed by atoms with Crippen LogP contribution in [0.25, 0.3) is 0 Å². The molecule has 0 aromatic heterocycles. The quantitative estimate of drug-likeness (QED) is 0.780. The maximum atomic E-state index is 10.8. The van der Waals surface area contributed by atoms with Crippen LogP contribution in [0.2, 0.25) is 0 Å². The summed E-state index contributed by atoms with van der Waals surface area (Å²) >= 11 is 0. The fraction of sp³-hybridized carbons (Fsp3) is 0.500. The molecule has 4 nitrogen and oxygen atoms in total. The van der Waals surface area contributed by atoms with Crippen molar-refractivity contribution >= 4 is 5.97 Å². The van der Waals surface area contributed by atoms with Crippen molar-refractivity contribution in [3.8, 4) is 5.75 Å². The fourth-order valence-corrected chi connectivity index (χ4v) is 1.59. The SMILES string of the molecule is CCC(C)c1ccc(OCC(NC)C(=O)O)cc1. The summed E-state index contributed by atoms with van der Waals surface area (Å²) in [6.07, 6.45) is 1.10. The minimum Gasteiger partial charge on any atom is -0.491 e. The van der Waals surface area contributed by atoms with Gasteiger partial charge in [0.1, 0.15) is 18.4 Å². The molecule has 0 aliphatic rings. The summed E-state index contributed by atoms with van der Waals surface area (Å²) in [7, 11) is 1.61. The molecule has 1 aromatic rings. The van der Waals surface area contributed by atoms with Crippen LogP contribution in [-0.2, 0) is 4.79 Å². The molecule has 18 heavy (non-hydrogen) atoms. The average Bonchev–Trinajstić information content (AvgIpc) is 2.39. The second kappa shape index (κ2) is 7.01. The Hall–Kier alpha value is -1.55. The van der Waals surface area contributed by atoms with Crippen molar-refractivity contribution in [2.45, 2.75) is 32.2 Å². The third-order valence-corrected chi connectivity index (χ3v) is 3.12. The van der Waals surface area contributed by atoms with Gasteiger partial charge in [0.05, 0.1) is 0 Å². The van der Waals surface area contributed by atoms with Crippen LogP contribution in [0, 0.1) is 0 Å². The Morgan fingerprint density at radius 3 is 2.44 bits per heavy atom. The average molecular weight is 251 g/mol. The lowest BCUT2D eigenvalue weighted by molar-refractivity contribution is -0.140. The van der Waals surface area contributed by atoms with Gasteiger partial charge in [0.25, 0.3) is 0 Å². The molecule has 100 valence electrons. The Labute approximate surface area is 108 Å². The minimum absolute atomic E-state index is 0.120. The van der Waals surface area contributed by atoms with Gasteiger partial charge in [-0.15, -0.1) is 0 Å². The Morgan fingerprint density at radius 1 is 1.39 bits per heavy atom. The van der Waals surface area contributed by atoms with Crippen LogP contribution in [-0.4, -0.2) is 30.8 Å². The van der Waals surface area contributed by atoms with E-state index in [9.17, 15) is 4.79 Å². The minimum atomic E-state index is -0.909. The largest absolute Gasteiger partial charge is 0.491 e. The van der Waals surface area contributed by atoms with Crippen molar-refractivity contribution in [2.75, 3.05) is 13.7 Å². The van der Waals surface area contributed by atoms with Crippen molar-refractivity contribution in [3.05, 3.63) is 29.8 Å². The highest BCUT2D eigenvalue weighted by atomic mass is 16.5. The van der Waals surface area contributed by atoms with Crippen LogP contribution in [0.15, 0.2) is 24.3 Å². The summed E-state index contributed by atoms with van der Waals surface area (Å²) < 4.78 is 5.45. The summed E-state index contributed by atoms with van der Waals surface area (Å²) in [6.45, 7) is 4.45. The molecule has 2 unspecified atom stereocenters. The predicted molar refractivity (Wildman–Crippen MR) is 71.1 cm³/mol. The number of nitrogens with one attached hydrogen (secondary N) is 1. The van der Waals surface area contributed by atoms with Gasteiger partial charge in [-0.2, -0.15) is 0 Å². The van der Waals surface area contributed by atoms with E-state index in [-0.39, 0.29) is 6.61 Å². The lowest BCUT2D eigenvalue weighted by Gasteiger charge is -2.14. The lowest BCUT2D eigenvalue weighted by Crippen LogP contribution is -2.39. The van der Waals surface area contributed by atoms with Gasteiger partial charge < -0.3 is 15.2 Å². The van der Waals surface area contributed by atoms with E-state index in [0.29, 0.717) is 11.7 Å². The number of benzene rings is 1. The van der Waals surface area contributed by atoms with E-state index in [1.807, 2.05) is 24.3 Å². The van der Waals surface area contributed by atoms with Gasteiger partial charge >= 0.3 is 5.97 Å². The zero-order valence-electron chi connectivity index (χ0n) is 11.1. The molecule has 0 amide bonds. The molecule has 0 saturated heterocycles. The van der Waals surface area contributed by atoms with E-state index in [1.165, 1.54) is 5.56 Å². The normalized spacial score (nSPS) is 13.9. The van der Waals surface area contributed by atoms with Crippen LogP contribution in [0.3, 0.4) is 0 Å². The zero-order valence-corrected chi connectivity index (χ0v) is 11.1. The van der Waals surface area contributed by atoms with Gasteiger partial charge in [-0.05, 0) is 37.1 Å². The molecule has 0 aliphatic heterocycles. The van der Waals surface area contributed by atoms with E-state index in [2.05, 4.69) is 19.2 Å². The van der Waals surface area contributed by atoms with Gasteiger partial charge in [0.15, 0.2) is 0 Å². The van der Waals surface area contributed by atoms with E-state index in [0.717, 1.165) is 6.42 Å². The van der Waals surface area contributed by atoms with Crippen LogP contribution in [0.5, 0.6) is 5.75 Å². The van der Waals surface area contributed by atoms with Gasteiger partial charge in [0.2, 0.25) is 0 Å².